The molecule has 6 heteroatoms. The second-order valence-electron chi connectivity index (χ2n) is 4.05. The maximum atomic E-state index is 11.5. The molecule has 0 unspecified atom stereocenters. The first kappa shape index (κ1) is 13.3. The van der Waals surface area contributed by atoms with Gasteiger partial charge in [-0.3, -0.25) is 9.78 Å². The molecule has 2 aromatic rings. The van der Waals surface area contributed by atoms with Crippen molar-refractivity contribution in [2.75, 3.05) is 5.43 Å². The lowest BCUT2D eigenvalue weighted by molar-refractivity contribution is 1.01. The maximum absolute atomic E-state index is 11.5. The van der Waals surface area contributed by atoms with Gasteiger partial charge >= 0.3 is 0 Å². The molecule has 0 spiro atoms. The van der Waals surface area contributed by atoms with Gasteiger partial charge in [0, 0.05) is 16.3 Å². The van der Waals surface area contributed by atoms with E-state index in [4.69, 9.17) is 11.6 Å². The summed E-state index contributed by atoms with van der Waals surface area (Å²) in [4.78, 5) is 18.3. The van der Waals surface area contributed by atoms with Gasteiger partial charge in [-0.1, -0.05) is 23.7 Å². The second kappa shape index (κ2) is 5.67. The van der Waals surface area contributed by atoms with Gasteiger partial charge in [-0.15, -0.1) is 0 Å². The molecule has 0 aliphatic rings. The fourth-order valence-corrected chi connectivity index (χ4v) is 1.65. The van der Waals surface area contributed by atoms with Crippen molar-refractivity contribution < 1.29 is 0 Å². The number of hydrazone groups is 1. The molecule has 19 heavy (non-hydrogen) atoms. The summed E-state index contributed by atoms with van der Waals surface area (Å²) >= 11 is 5.86. The Labute approximate surface area is 115 Å². The van der Waals surface area contributed by atoms with E-state index in [1.54, 1.807) is 32.2 Å². The van der Waals surface area contributed by atoms with Crippen LogP contribution < -0.4 is 11.0 Å². The number of H-pyrrole nitrogens is 1. The Morgan fingerprint density at radius 1 is 1.42 bits per heavy atom. The van der Waals surface area contributed by atoms with Crippen LogP contribution >= 0.6 is 11.6 Å². The molecule has 0 aliphatic carbocycles. The van der Waals surface area contributed by atoms with Gasteiger partial charge in [0.05, 0.1) is 6.21 Å². The number of aryl methyl sites for hydroxylation is 1. The maximum Gasteiger partial charge on any atom is 0.255 e. The van der Waals surface area contributed by atoms with Crippen molar-refractivity contribution in [1.82, 2.24) is 9.97 Å². The summed E-state index contributed by atoms with van der Waals surface area (Å²) in [7, 11) is 0. The molecule has 1 heterocycles. The van der Waals surface area contributed by atoms with Crippen LogP contribution in [0, 0.1) is 13.8 Å². The van der Waals surface area contributed by atoms with E-state index >= 15 is 0 Å². The zero-order valence-corrected chi connectivity index (χ0v) is 11.3. The number of benzene rings is 1. The van der Waals surface area contributed by atoms with Crippen LogP contribution in [0.1, 0.15) is 16.8 Å². The van der Waals surface area contributed by atoms with E-state index in [9.17, 15) is 4.79 Å². The fourth-order valence-electron chi connectivity index (χ4n) is 1.45. The van der Waals surface area contributed by atoms with Gasteiger partial charge in [0.15, 0.2) is 0 Å². The van der Waals surface area contributed by atoms with Gasteiger partial charge in [0.1, 0.15) is 0 Å². The third-order valence-corrected chi connectivity index (χ3v) is 2.86. The van der Waals surface area contributed by atoms with E-state index in [0.29, 0.717) is 22.2 Å². The smallest absolute Gasteiger partial charge is 0.255 e. The van der Waals surface area contributed by atoms with Crippen LogP contribution in [0.5, 0.6) is 0 Å². The first-order valence-corrected chi connectivity index (χ1v) is 6.06. The van der Waals surface area contributed by atoms with Crippen molar-refractivity contribution in [3.63, 3.8) is 0 Å². The molecule has 98 valence electrons. The van der Waals surface area contributed by atoms with E-state index in [0.717, 1.165) is 5.56 Å². The van der Waals surface area contributed by atoms with E-state index < -0.39 is 0 Å². The first-order chi connectivity index (χ1) is 9.06. The van der Waals surface area contributed by atoms with Crippen molar-refractivity contribution >= 4 is 23.8 Å². The average Bonchev–Trinajstić information content (AvgIpc) is 2.36. The first-order valence-electron chi connectivity index (χ1n) is 5.68. The van der Waals surface area contributed by atoms with Gasteiger partial charge in [0.25, 0.3) is 5.56 Å². The Kier molecular flexibility index (Phi) is 3.97. The zero-order chi connectivity index (χ0) is 13.8. The zero-order valence-electron chi connectivity index (χ0n) is 10.6. The van der Waals surface area contributed by atoms with Gasteiger partial charge in [0.2, 0.25) is 5.95 Å². The standard InChI is InChI=1S/C13H13ClN4O/c1-8-9(2)16-13(17-12(8)19)18-15-7-10-4-3-5-11(14)6-10/h3-7H,1-2H3,(H2,16,17,18,19)/b15-7-. The Hall–Kier alpha value is -2.14. The highest BCUT2D eigenvalue weighted by Crippen LogP contribution is 2.09. The van der Waals surface area contributed by atoms with Gasteiger partial charge in [-0.25, -0.2) is 10.4 Å². The molecule has 0 saturated carbocycles. The lowest BCUT2D eigenvalue weighted by Gasteiger charge is -2.02. The molecule has 0 atom stereocenters. The van der Waals surface area contributed by atoms with Gasteiger partial charge in [-0.2, -0.15) is 5.10 Å². The highest BCUT2D eigenvalue weighted by atomic mass is 35.5. The van der Waals surface area contributed by atoms with Crippen LogP contribution in [-0.2, 0) is 0 Å². The van der Waals surface area contributed by atoms with E-state index in [2.05, 4.69) is 20.5 Å². The summed E-state index contributed by atoms with van der Waals surface area (Å²) in [5.41, 5.74) is 4.63. The monoisotopic (exact) mass is 276 g/mol. The van der Waals surface area contributed by atoms with E-state index in [1.807, 2.05) is 12.1 Å². The molecule has 1 aromatic heterocycles. The number of hydrogen-bond donors (Lipinski definition) is 2. The Bertz CT molecular complexity index is 679. The summed E-state index contributed by atoms with van der Waals surface area (Å²) in [5, 5.41) is 4.64. The average molecular weight is 277 g/mol. The minimum Gasteiger partial charge on any atom is -0.291 e. The second-order valence-corrected chi connectivity index (χ2v) is 4.49. The molecule has 5 nitrogen and oxygen atoms in total. The number of anilines is 1. The molecule has 0 saturated heterocycles. The number of aromatic amines is 1. The summed E-state index contributed by atoms with van der Waals surface area (Å²) in [6, 6.07) is 7.27. The SMILES string of the molecule is Cc1nc(N/N=C\c2cccc(Cl)c2)[nH]c(=O)c1C. The van der Waals surface area contributed by atoms with Crippen LogP contribution in [-0.4, -0.2) is 16.2 Å². The number of aromatic nitrogens is 2. The van der Waals surface area contributed by atoms with Crippen LogP contribution in [0.15, 0.2) is 34.2 Å². The predicted molar refractivity (Wildman–Crippen MR) is 77.0 cm³/mol. The summed E-state index contributed by atoms with van der Waals surface area (Å²) in [5.74, 6) is 0.311. The molecular formula is C13H13ClN4O. The molecule has 0 fully saturated rings. The Balaban J connectivity index is 2.13. The molecule has 0 bridgehead atoms. The number of nitrogens with one attached hydrogen (secondary N) is 2. The van der Waals surface area contributed by atoms with Gasteiger partial charge in [-0.05, 0) is 31.5 Å². The van der Waals surface area contributed by atoms with Crippen LogP contribution in [0.25, 0.3) is 0 Å². The van der Waals surface area contributed by atoms with Crippen LogP contribution in [0.4, 0.5) is 5.95 Å². The molecule has 1 aromatic carbocycles. The Morgan fingerprint density at radius 2 is 2.21 bits per heavy atom. The lowest BCUT2D eigenvalue weighted by atomic mass is 10.2. The van der Waals surface area contributed by atoms with Crippen molar-refractivity contribution in [2.45, 2.75) is 13.8 Å². The van der Waals surface area contributed by atoms with E-state index in [1.165, 1.54) is 0 Å². The van der Waals surface area contributed by atoms with Crippen molar-refractivity contribution in [1.29, 1.82) is 0 Å². The van der Waals surface area contributed by atoms with Crippen molar-refractivity contribution in [2.24, 2.45) is 5.10 Å². The predicted octanol–water partition coefficient (Wildman–Crippen LogP) is 2.49. The Morgan fingerprint density at radius 3 is 2.89 bits per heavy atom. The van der Waals surface area contributed by atoms with Crippen LogP contribution in [0.2, 0.25) is 5.02 Å². The normalized spacial score (nSPS) is 10.9. The molecular weight excluding hydrogens is 264 g/mol. The minimum atomic E-state index is -0.173. The lowest BCUT2D eigenvalue weighted by Crippen LogP contribution is -2.15. The topological polar surface area (TPSA) is 70.1 Å². The van der Waals surface area contributed by atoms with Gasteiger partial charge < -0.3 is 0 Å². The van der Waals surface area contributed by atoms with E-state index in [-0.39, 0.29) is 5.56 Å². The third kappa shape index (κ3) is 3.42. The summed E-state index contributed by atoms with van der Waals surface area (Å²) in [6.45, 7) is 3.50. The summed E-state index contributed by atoms with van der Waals surface area (Å²) < 4.78 is 0. The van der Waals surface area contributed by atoms with Crippen LogP contribution in [0.3, 0.4) is 0 Å². The van der Waals surface area contributed by atoms with Crippen molar-refractivity contribution in [3.05, 3.63) is 56.5 Å². The summed E-state index contributed by atoms with van der Waals surface area (Å²) in [6.07, 6.45) is 1.60. The molecule has 0 amide bonds. The highest BCUT2D eigenvalue weighted by Gasteiger charge is 2.01. The number of nitrogens with zero attached hydrogens (tertiary/aromatic N) is 2. The fraction of sp³-hybridized carbons (Fsp3) is 0.154. The third-order valence-electron chi connectivity index (χ3n) is 2.63. The largest absolute Gasteiger partial charge is 0.291 e. The quantitative estimate of drug-likeness (QED) is 0.668. The molecule has 2 N–H and O–H groups in total. The minimum absolute atomic E-state index is 0.173. The van der Waals surface area contributed by atoms with Crippen molar-refractivity contribution in [3.8, 4) is 0 Å². The highest BCUT2D eigenvalue weighted by molar-refractivity contribution is 6.30. The number of halogens is 1. The molecule has 0 radical (unpaired) electrons. The molecule has 2 rings (SSSR count). The number of hydrogen-bond acceptors (Lipinski definition) is 4. The number of rotatable bonds is 3. The molecule has 0 aliphatic heterocycles.